The maximum absolute atomic E-state index is 13.1. The first-order chi connectivity index (χ1) is 14.4. The second kappa shape index (κ2) is 7.88. The van der Waals surface area contributed by atoms with Crippen LogP contribution in [0.4, 0.5) is 0 Å². The van der Waals surface area contributed by atoms with Gasteiger partial charge in [-0.1, -0.05) is 0 Å². The van der Waals surface area contributed by atoms with Crippen LogP contribution in [0.2, 0.25) is 0 Å². The number of carbonyl (C=O) groups excluding carboxylic acids is 2. The van der Waals surface area contributed by atoms with Crippen LogP contribution < -0.4 is 16.0 Å². The lowest BCUT2D eigenvalue weighted by atomic mass is 10.0. The number of benzene rings is 1. The van der Waals surface area contributed by atoms with E-state index in [1.165, 1.54) is 10.9 Å². The van der Waals surface area contributed by atoms with E-state index in [1.54, 1.807) is 26.0 Å². The molecule has 4 rings (SSSR count). The van der Waals surface area contributed by atoms with Crippen molar-refractivity contribution in [2.45, 2.75) is 27.0 Å². The van der Waals surface area contributed by atoms with Crippen LogP contribution in [0.15, 0.2) is 23.3 Å². The molecule has 1 amide bonds. The lowest BCUT2D eigenvalue weighted by Gasteiger charge is -2.22. The number of esters is 1. The normalized spacial score (nSPS) is 13.0. The average Bonchev–Trinajstić information content (AvgIpc) is 3.07. The van der Waals surface area contributed by atoms with Gasteiger partial charge in [0.25, 0.3) is 11.5 Å². The summed E-state index contributed by atoms with van der Waals surface area (Å²) in [5, 5.41) is 0.357. The minimum absolute atomic E-state index is 0.0799. The topological polar surface area (TPSA) is 123 Å². The molecule has 0 saturated carbocycles. The first-order valence-electron chi connectivity index (χ1n) is 9.22. The average molecular weight is 429 g/mol. The third-order valence-corrected chi connectivity index (χ3v) is 5.99. The van der Waals surface area contributed by atoms with Crippen LogP contribution in [0, 0.1) is 6.92 Å². The number of amides is 1. The number of carbonyl (C=O) groups is 2. The van der Waals surface area contributed by atoms with Crippen molar-refractivity contribution in [1.29, 1.82) is 0 Å². The standard InChI is InChI=1S/C20H19N3O6S/c1-3-28-20(26)11-4-12(15-13(5-11)7-27-9-29-15)6-23-8-22-18-14(19(23)25)10(2)16(30-18)17(21)24/h4-5,8H,3,6-7,9H2,1-2H3,(H2,21,24). The summed E-state index contributed by atoms with van der Waals surface area (Å²) in [6.07, 6.45) is 1.41. The highest BCUT2D eigenvalue weighted by Gasteiger charge is 2.22. The van der Waals surface area contributed by atoms with Crippen molar-refractivity contribution in [3.8, 4) is 5.75 Å². The van der Waals surface area contributed by atoms with Gasteiger partial charge in [-0.25, -0.2) is 9.78 Å². The molecule has 0 atom stereocenters. The van der Waals surface area contributed by atoms with Crippen molar-refractivity contribution in [2.24, 2.45) is 5.73 Å². The van der Waals surface area contributed by atoms with Crippen LogP contribution in [0.5, 0.6) is 5.75 Å². The number of aromatic nitrogens is 2. The van der Waals surface area contributed by atoms with Gasteiger partial charge >= 0.3 is 5.97 Å². The maximum atomic E-state index is 13.1. The summed E-state index contributed by atoms with van der Waals surface area (Å²) in [5.41, 5.74) is 7.29. The van der Waals surface area contributed by atoms with Crippen molar-refractivity contribution < 1.29 is 23.8 Å². The number of nitrogens with zero attached hydrogens (tertiary/aromatic N) is 2. The number of ether oxygens (including phenoxy) is 3. The van der Waals surface area contributed by atoms with Gasteiger partial charge in [0.2, 0.25) is 0 Å². The zero-order valence-electron chi connectivity index (χ0n) is 16.4. The van der Waals surface area contributed by atoms with E-state index in [9.17, 15) is 14.4 Å². The molecule has 0 aliphatic carbocycles. The molecule has 2 aromatic heterocycles. The Bertz CT molecular complexity index is 1230. The Morgan fingerprint density at radius 2 is 2.17 bits per heavy atom. The van der Waals surface area contributed by atoms with Gasteiger partial charge in [-0.05, 0) is 31.5 Å². The van der Waals surface area contributed by atoms with Crippen LogP contribution in [-0.2, 0) is 22.6 Å². The maximum Gasteiger partial charge on any atom is 0.338 e. The number of hydrogen-bond acceptors (Lipinski definition) is 8. The Hall–Kier alpha value is -3.24. The van der Waals surface area contributed by atoms with E-state index in [1.807, 2.05) is 0 Å². The van der Waals surface area contributed by atoms with Crippen molar-refractivity contribution in [3.05, 3.63) is 55.9 Å². The molecular formula is C20H19N3O6S. The Kier molecular flexibility index (Phi) is 5.27. The summed E-state index contributed by atoms with van der Waals surface area (Å²) in [7, 11) is 0. The minimum atomic E-state index is -0.592. The van der Waals surface area contributed by atoms with Gasteiger partial charge in [0.1, 0.15) is 10.6 Å². The molecule has 0 saturated heterocycles. The summed E-state index contributed by atoms with van der Waals surface area (Å²) in [6.45, 7) is 4.14. The smallest absolute Gasteiger partial charge is 0.338 e. The molecule has 156 valence electrons. The van der Waals surface area contributed by atoms with Gasteiger partial charge < -0.3 is 19.9 Å². The molecule has 3 aromatic rings. The SMILES string of the molecule is CCOC(=O)c1cc2c(c(Cn3cnc4sc(C(N)=O)c(C)c4c3=O)c1)OCOC2. The highest BCUT2D eigenvalue weighted by atomic mass is 32.1. The van der Waals surface area contributed by atoms with E-state index in [0.29, 0.717) is 43.1 Å². The third-order valence-electron chi connectivity index (χ3n) is 4.78. The summed E-state index contributed by atoms with van der Waals surface area (Å²) in [5.74, 6) is -0.486. The number of rotatable bonds is 5. The zero-order chi connectivity index (χ0) is 21.4. The summed E-state index contributed by atoms with van der Waals surface area (Å²) in [4.78, 5) is 42.1. The first-order valence-corrected chi connectivity index (χ1v) is 10.0. The monoisotopic (exact) mass is 429 g/mol. The summed E-state index contributed by atoms with van der Waals surface area (Å²) >= 11 is 1.09. The van der Waals surface area contributed by atoms with Gasteiger partial charge in [0.15, 0.2) is 6.79 Å². The van der Waals surface area contributed by atoms with E-state index in [2.05, 4.69) is 4.98 Å². The third kappa shape index (κ3) is 3.44. The molecule has 1 aliphatic heterocycles. The molecule has 10 heteroatoms. The molecule has 9 nitrogen and oxygen atoms in total. The quantitative estimate of drug-likeness (QED) is 0.615. The molecule has 3 heterocycles. The summed E-state index contributed by atoms with van der Waals surface area (Å²) in [6, 6.07) is 3.32. The zero-order valence-corrected chi connectivity index (χ0v) is 17.2. The summed E-state index contributed by atoms with van der Waals surface area (Å²) < 4.78 is 17.5. The number of thiophene rings is 1. The molecule has 0 unspecified atom stereocenters. The van der Waals surface area contributed by atoms with Gasteiger partial charge in [-0.15, -0.1) is 11.3 Å². The highest BCUT2D eigenvalue weighted by molar-refractivity contribution is 7.20. The second-order valence-electron chi connectivity index (χ2n) is 6.73. The fourth-order valence-electron chi connectivity index (χ4n) is 3.44. The Morgan fingerprint density at radius 3 is 2.90 bits per heavy atom. The lowest BCUT2D eigenvalue weighted by Crippen LogP contribution is -2.23. The van der Waals surface area contributed by atoms with Crippen molar-refractivity contribution >= 4 is 33.4 Å². The molecule has 0 fully saturated rings. The molecule has 0 radical (unpaired) electrons. The molecule has 30 heavy (non-hydrogen) atoms. The van der Waals surface area contributed by atoms with Gasteiger partial charge in [-0.3, -0.25) is 14.2 Å². The fourth-order valence-corrected chi connectivity index (χ4v) is 4.43. The number of fused-ring (bicyclic) bond motifs is 2. The second-order valence-corrected chi connectivity index (χ2v) is 7.73. The van der Waals surface area contributed by atoms with E-state index in [4.69, 9.17) is 19.9 Å². The first kappa shape index (κ1) is 20.0. The van der Waals surface area contributed by atoms with Gasteiger partial charge in [0.05, 0.1) is 41.9 Å². The number of primary amides is 1. The van der Waals surface area contributed by atoms with Crippen LogP contribution in [0.3, 0.4) is 0 Å². The van der Waals surface area contributed by atoms with Crippen LogP contribution in [0.25, 0.3) is 10.2 Å². The van der Waals surface area contributed by atoms with Crippen LogP contribution in [0.1, 0.15) is 43.6 Å². The fraction of sp³-hybridized carbons (Fsp3) is 0.300. The molecule has 0 spiro atoms. The lowest BCUT2D eigenvalue weighted by molar-refractivity contribution is -0.0171. The Morgan fingerprint density at radius 1 is 1.37 bits per heavy atom. The number of aryl methyl sites for hydroxylation is 1. The molecule has 1 aromatic carbocycles. The van der Waals surface area contributed by atoms with E-state index in [0.717, 1.165) is 11.3 Å². The van der Waals surface area contributed by atoms with Crippen LogP contribution in [-0.4, -0.2) is 34.8 Å². The molecule has 2 N–H and O–H groups in total. The largest absolute Gasteiger partial charge is 0.467 e. The molecule has 1 aliphatic rings. The van der Waals surface area contributed by atoms with Crippen molar-refractivity contribution in [2.75, 3.05) is 13.4 Å². The number of hydrogen-bond donors (Lipinski definition) is 1. The van der Waals surface area contributed by atoms with Gasteiger partial charge in [0, 0.05) is 11.1 Å². The Balaban J connectivity index is 1.81. The van der Waals surface area contributed by atoms with E-state index >= 15 is 0 Å². The predicted molar refractivity (Wildman–Crippen MR) is 109 cm³/mol. The number of nitrogens with two attached hydrogens (primary N) is 1. The van der Waals surface area contributed by atoms with Crippen LogP contribution >= 0.6 is 11.3 Å². The molecular weight excluding hydrogens is 410 g/mol. The minimum Gasteiger partial charge on any atom is -0.467 e. The molecule has 0 bridgehead atoms. The predicted octanol–water partition coefficient (Wildman–Crippen LogP) is 1.96. The van der Waals surface area contributed by atoms with Gasteiger partial charge in [-0.2, -0.15) is 0 Å². The van der Waals surface area contributed by atoms with E-state index < -0.39 is 11.9 Å². The van der Waals surface area contributed by atoms with E-state index in [-0.39, 0.29) is 32.1 Å². The van der Waals surface area contributed by atoms with Crippen molar-refractivity contribution in [3.63, 3.8) is 0 Å². The Labute approximate surface area is 175 Å². The van der Waals surface area contributed by atoms with Crippen molar-refractivity contribution in [1.82, 2.24) is 9.55 Å². The highest BCUT2D eigenvalue weighted by Crippen LogP contribution is 2.31.